The van der Waals surface area contributed by atoms with E-state index < -0.39 is 0 Å². The molecule has 0 aromatic heterocycles. The highest BCUT2D eigenvalue weighted by Gasteiger charge is 1.94. The number of hydrogen-bond acceptors (Lipinski definition) is 4. The summed E-state index contributed by atoms with van der Waals surface area (Å²) in [4.78, 5) is 0. The van der Waals surface area contributed by atoms with E-state index in [0.717, 1.165) is 26.2 Å². The molecule has 0 bridgehead atoms. The van der Waals surface area contributed by atoms with Crippen LogP contribution in [0.2, 0.25) is 0 Å². The summed E-state index contributed by atoms with van der Waals surface area (Å²) in [6.07, 6.45) is 1.26. The third-order valence-corrected chi connectivity index (χ3v) is 3.92. The molecule has 2 nitrogen and oxygen atoms in total. The highest BCUT2D eigenvalue weighted by Crippen LogP contribution is 2.19. The largest absolute Gasteiger partial charge is 0.316 e. The second kappa shape index (κ2) is 7.28. The molecule has 1 fully saturated rings. The fraction of sp³-hybridized carbons (Fsp3) is 1.00. The lowest BCUT2D eigenvalue weighted by Gasteiger charge is -2.01. The molecular weight excluding hydrogens is 176 g/mol. The van der Waals surface area contributed by atoms with Gasteiger partial charge in [-0.25, -0.2) is 0 Å². The minimum Gasteiger partial charge on any atom is -0.316 e. The van der Waals surface area contributed by atoms with Crippen LogP contribution in [-0.4, -0.2) is 37.7 Å². The molecule has 66 valence electrons. The minimum atomic E-state index is 1.16. The highest BCUT2D eigenvalue weighted by molar-refractivity contribution is 8.76. The van der Waals surface area contributed by atoms with Crippen LogP contribution in [0.1, 0.15) is 6.42 Å². The van der Waals surface area contributed by atoms with Gasteiger partial charge in [0.15, 0.2) is 0 Å². The van der Waals surface area contributed by atoms with Crippen LogP contribution in [0.25, 0.3) is 0 Å². The lowest BCUT2D eigenvalue weighted by atomic mass is 10.4. The van der Waals surface area contributed by atoms with Crippen LogP contribution in [0, 0.1) is 0 Å². The summed E-state index contributed by atoms with van der Waals surface area (Å²) in [7, 11) is 3.95. The van der Waals surface area contributed by atoms with Crippen molar-refractivity contribution >= 4 is 21.6 Å². The average molecular weight is 192 g/mol. The van der Waals surface area contributed by atoms with Gasteiger partial charge in [0.25, 0.3) is 0 Å². The van der Waals surface area contributed by atoms with Crippen LogP contribution in [0.15, 0.2) is 0 Å². The van der Waals surface area contributed by atoms with E-state index in [1.54, 1.807) is 0 Å². The van der Waals surface area contributed by atoms with Gasteiger partial charge in [0.2, 0.25) is 0 Å². The molecule has 0 unspecified atom stereocenters. The molecule has 1 aliphatic heterocycles. The fourth-order valence-electron chi connectivity index (χ4n) is 0.934. The zero-order chi connectivity index (χ0) is 7.78. The third kappa shape index (κ3) is 5.84. The minimum absolute atomic E-state index is 1.16. The van der Waals surface area contributed by atoms with Crippen molar-refractivity contribution in [1.82, 2.24) is 10.6 Å². The zero-order valence-electron chi connectivity index (χ0n) is 6.77. The number of nitrogens with one attached hydrogen (secondary N) is 2. The van der Waals surface area contributed by atoms with Crippen LogP contribution in [-0.2, 0) is 0 Å². The molecule has 0 radical (unpaired) electrons. The second-order valence-electron chi connectivity index (χ2n) is 2.50. The van der Waals surface area contributed by atoms with Gasteiger partial charge in [0.1, 0.15) is 0 Å². The van der Waals surface area contributed by atoms with Crippen LogP contribution >= 0.6 is 21.6 Å². The van der Waals surface area contributed by atoms with Crippen molar-refractivity contribution in [2.45, 2.75) is 6.42 Å². The Labute approximate surface area is 76.7 Å². The van der Waals surface area contributed by atoms with Crippen LogP contribution in [0.4, 0.5) is 0 Å². The van der Waals surface area contributed by atoms with Crippen molar-refractivity contribution in [3.05, 3.63) is 0 Å². The Bertz CT molecular complexity index is 52.5. The Kier molecular flexibility index (Phi) is 6.42. The van der Waals surface area contributed by atoms with E-state index in [1.807, 2.05) is 21.6 Å². The van der Waals surface area contributed by atoms with E-state index >= 15 is 0 Å². The van der Waals surface area contributed by atoms with E-state index in [-0.39, 0.29) is 0 Å². The Morgan fingerprint density at radius 3 is 1.82 bits per heavy atom. The summed E-state index contributed by atoms with van der Waals surface area (Å²) in [5, 5.41) is 6.82. The smallest absolute Gasteiger partial charge is 0.0162 e. The molecule has 0 aliphatic carbocycles. The monoisotopic (exact) mass is 192 g/mol. The molecule has 1 saturated heterocycles. The summed E-state index contributed by atoms with van der Waals surface area (Å²) in [6, 6.07) is 0. The predicted molar refractivity (Wildman–Crippen MR) is 55.3 cm³/mol. The Balaban J connectivity index is 2.02. The first-order valence-corrected chi connectivity index (χ1v) is 6.65. The SMILES string of the molecule is C1CNCCSSCCNC1. The van der Waals surface area contributed by atoms with Crippen LogP contribution in [0.5, 0.6) is 0 Å². The molecule has 4 heteroatoms. The van der Waals surface area contributed by atoms with Gasteiger partial charge in [-0.2, -0.15) is 0 Å². The van der Waals surface area contributed by atoms with Gasteiger partial charge >= 0.3 is 0 Å². The van der Waals surface area contributed by atoms with Crippen molar-refractivity contribution < 1.29 is 0 Å². The molecule has 1 heterocycles. The summed E-state index contributed by atoms with van der Waals surface area (Å²) in [5.41, 5.74) is 0. The first-order chi connectivity index (χ1) is 5.50. The van der Waals surface area contributed by atoms with Crippen LogP contribution < -0.4 is 10.6 Å². The number of hydrogen-bond donors (Lipinski definition) is 2. The second-order valence-corrected chi connectivity index (χ2v) is 5.20. The molecule has 11 heavy (non-hydrogen) atoms. The maximum absolute atomic E-state index is 3.41. The molecule has 0 saturated carbocycles. The summed E-state index contributed by atoms with van der Waals surface area (Å²) >= 11 is 0. The Hall–Kier alpha value is 0.620. The first kappa shape index (κ1) is 9.71. The topological polar surface area (TPSA) is 24.1 Å². The van der Waals surface area contributed by atoms with Crippen molar-refractivity contribution in [2.75, 3.05) is 37.7 Å². The Morgan fingerprint density at radius 1 is 0.727 bits per heavy atom. The third-order valence-electron chi connectivity index (χ3n) is 1.51. The normalized spacial score (nSPS) is 24.0. The summed E-state index contributed by atoms with van der Waals surface area (Å²) < 4.78 is 0. The van der Waals surface area contributed by atoms with E-state index in [0.29, 0.717) is 0 Å². The molecule has 1 rings (SSSR count). The molecule has 0 atom stereocenters. The fourth-order valence-corrected chi connectivity index (χ4v) is 2.83. The van der Waals surface area contributed by atoms with E-state index in [2.05, 4.69) is 10.6 Å². The highest BCUT2D eigenvalue weighted by atomic mass is 33.1. The average Bonchev–Trinajstić information content (AvgIpc) is 2.08. The van der Waals surface area contributed by atoms with Gasteiger partial charge < -0.3 is 10.6 Å². The van der Waals surface area contributed by atoms with Gasteiger partial charge in [-0.3, -0.25) is 0 Å². The molecular formula is C7H16N2S2. The lowest BCUT2D eigenvalue weighted by molar-refractivity contribution is 0.624. The summed E-state index contributed by atoms with van der Waals surface area (Å²) in [5.74, 6) is 2.48. The van der Waals surface area contributed by atoms with E-state index in [9.17, 15) is 0 Å². The van der Waals surface area contributed by atoms with Crippen LogP contribution in [0.3, 0.4) is 0 Å². The van der Waals surface area contributed by atoms with Crippen molar-refractivity contribution in [2.24, 2.45) is 0 Å². The van der Waals surface area contributed by atoms with Crippen molar-refractivity contribution in [3.63, 3.8) is 0 Å². The molecule has 1 aliphatic rings. The molecule has 2 N–H and O–H groups in total. The quantitative estimate of drug-likeness (QED) is 0.558. The van der Waals surface area contributed by atoms with Crippen molar-refractivity contribution in [3.8, 4) is 0 Å². The number of rotatable bonds is 0. The predicted octanol–water partition coefficient (Wildman–Crippen LogP) is 0.951. The van der Waals surface area contributed by atoms with Gasteiger partial charge in [0.05, 0.1) is 0 Å². The molecule has 0 spiro atoms. The summed E-state index contributed by atoms with van der Waals surface area (Å²) in [6.45, 7) is 4.66. The van der Waals surface area contributed by atoms with Gasteiger partial charge in [-0.15, -0.1) is 0 Å². The van der Waals surface area contributed by atoms with Gasteiger partial charge in [-0.1, -0.05) is 21.6 Å². The molecule has 0 aromatic carbocycles. The maximum Gasteiger partial charge on any atom is 0.0162 e. The zero-order valence-corrected chi connectivity index (χ0v) is 8.40. The standard InChI is InChI=1S/C7H16N2S2/c1-2-8-4-6-10-11-7-5-9-3-1/h8-9H,1-7H2. The van der Waals surface area contributed by atoms with E-state index in [4.69, 9.17) is 0 Å². The molecule has 0 amide bonds. The van der Waals surface area contributed by atoms with E-state index in [1.165, 1.54) is 17.9 Å². The Morgan fingerprint density at radius 2 is 1.27 bits per heavy atom. The lowest BCUT2D eigenvalue weighted by Crippen LogP contribution is -2.23. The van der Waals surface area contributed by atoms with Crippen molar-refractivity contribution in [1.29, 1.82) is 0 Å². The van der Waals surface area contributed by atoms with Gasteiger partial charge in [0, 0.05) is 24.6 Å². The van der Waals surface area contributed by atoms with Gasteiger partial charge in [-0.05, 0) is 19.5 Å². The molecule has 0 aromatic rings. The maximum atomic E-state index is 3.41. The first-order valence-electron chi connectivity index (χ1n) is 4.16.